The zero-order valence-corrected chi connectivity index (χ0v) is 13.0. The Labute approximate surface area is 121 Å². The Hall–Kier alpha value is -0.440. The van der Waals surface area contributed by atoms with Gasteiger partial charge in [-0.1, -0.05) is 27.7 Å². The van der Waals surface area contributed by atoms with Crippen LogP contribution >= 0.6 is 23.2 Å². The van der Waals surface area contributed by atoms with E-state index in [1.807, 2.05) is 0 Å². The van der Waals surface area contributed by atoms with E-state index in [0.717, 1.165) is 12.8 Å². The second kappa shape index (κ2) is 8.63. The minimum absolute atomic E-state index is 0.0267. The summed E-state index contributed by atoms with van der Waals surface area (Å²) < 4.78 is 0. The fourth-order valence-electron chi connectivity index (χ4n) is 2.30. The van der Waals surface area contributed by atoms with Crippen molar-refractivity contribution >= 4 is 23.2 Å². The van der Waals surface area contributed by atoms with Crippen LogP contribution < -0.4 is 0 Å². The molecule has 0 saturated carbocycles. The third-order valence-electron chi connectivity index (χ3n) is 3.04. The molecule has 0 aliphatic rings. The lowest BCUT2D eigenvalue weighted by Crippen LogP contribution is -2.31. The van der Waals surface area contributed by atoms with Crippen LogP contribution in [0.2, 0.25) is 0 Å². The average Bonchev–Trinajstić information content (AvgIpc) is 2.30. The maximum Gasteiger partial charge on any atom is 0.123 e. The van der Waals surface area contributed by atoms with Crippen molar-refractivity contribution in [1.82, 2.24) is 0 Å². The van der Waals surface area contributed by atoms with E-state index in [1.54, 1.807) is 0 Å². The van der Waals surface area contributed by atoms with Gasteiger partial charge in [0.1, 0.15) is 10.8 Å². The highest BCUT2D eigenvalue weighted by Crippen LogP contribution is 2.35. The highest BCUT2D eigenvalue weighted by atomic mass is 35.5. The first kappa shape index (κ1) is 17.6. The molecule has 0 spiro atoms. The van der Waals surface area contributed by atoms with Gasteiger partial charge in [-0.15, -0.1) is 23.2 Å². The minimum atomic E-state index is -0.578. The molecule has 0 saturated heterocycles. The maximum atomic E-state index is 9.05. The molecular formula is C14H22Cl2N2. The van der Waals surface area contributed by atoms with E-state index in [2.05, 4.69) is 39.8 Å². The summed E-state index contributed by atoms with van der Waals surface area (Å²) in [6, 6.07) is 4.20. The number of alkyl halides is 2. The van der Waals surface area contributed by atoms with Crippen LogP contribution in [0.1, 0.15) is 40.5 Å². The molecule has 18 heavy (non-hydrogen) atoms. The van der Waals surface area contributed by atoms with E-state index in [4.69, 9.17) is 33.7 Å². The minimum Gasteiger partial charge on any atom is -0.197 e. The van der Waals surface area contributed by atoms with Gasteiger partial charge in [-0.2, -0.15) is 10.5 Å². The van der Waals surface area contributed by atoms with Crippen LogP contribution in [0.15, 0.2) is 0 Å². The summed E-state index contributed by atoms with van der Waals surface area (Å²) >= 11 is 12.3. The molecule has 0 radical (unpaired) electrons. The van der Waals surface area contributed by atoms with Crippen molar-refractivity contribution in [2.45, 2.75) is 51.3 Å². The smallest absolute Gasteiger partial charge is 0.123 e. The number of nitriles is 2. The molecule has 0 aromatic carbocycles. The van der Waals surface area contributed by atoms with E-state index < -0.39 is 10.8 Å². The zero-order valence-electron chi connectivity index (χ0n) is 11.5. The number of halogens is 2. The van der Waals surface area contributed by atoms with Gasteiger partial charge in [-0.05, 0) is 36.5 Å². The van der Waals surface area contributed by atoms with Crippen molar-refractivity contribution in [3.05, 3.63) is 0 Å². The molecule has 4 atom stereocenters. The fraction of sp³-hybridized carbons (Fsp3) is 0.857. The lowest BCUT2D eigenvalue weighted by Gasteiger charge is -2.31. The van der Waals surface area contributed by atoms with Crippen LogP contribution in [-0.2, 0) is 0 Å². The molecule has 4 heteroatoms. The first-order valence-electron chi connectivity index (χ1n) is 6.40. The Morgan fingerprint density at radius 2 is 1.06 bits per heavy atom. The van der Waals surface area contributed by atoms with Gasteiger partial charge in [-0.3, -0.25) is 0 Å². The second-order valence-corrected chi connectivity index (χ2v) is 6.59. The predicted molar refractivity (Wildman–Crippen MR) is 76.4 cm³/mol. The Balaban J connectivity index is 5.08. The molecule has 0 fully saturated rings. The standard InChI is InChI=1S/C14H22Cl2N2/c1-9(2)5-11(13(15)7-17)12(6-10(3)4)14(16)8-18/h9-14H,5-6H2,1-4H3. The van der Waals surface area contributed by atoms with Crippen LogP contribution in [0.3, 0.4) is 0 Å². The van der Waals surface area contributed by atoms with Crippen LogP contribution in [-0.4, -0.2) is 10.8 Å². The molecule has 0 amide bonds. The summed E-state index contributed by atoms with van der Waals surface area (Å²) in [5, 5.41) is 16.9. The number of hydrogen-bond donors (Lipinski definition) is 0. The summed E-state index contributed by atoms with van der Waals surface area (Å²) in [7, 11) is 0. The third kappa shape index (κ3) is 5.94. The first-order valence-corrected chi connectivity index (χ1v) is 7.28. The van der Waals surface area contributed by atoms with Gasteiger partial charge in [0.05, 0.1) is 12.1 Å². The van der Waals surface area contributed by atoms with E-state index >= 15 is 0 Å². The summed E-state index contributed by atoms with van der Waals surface area (Å²) in [6.45, 7) is 8.37. The highest BCUT2D eigenvalue weighted by Gasteiger charge is 2.34. The average molecular weight is 289 g/mol. The Kier molecular flexibility index (Phi) is 8.41. The van der Waals surface area contributed by atoms with Gasteiger partial charge in [0.25, 0.3) is 0 Å². The van der Waals surface area contributed by atoms with Crippen molar-refractivity contribution in [2.75, 3.05) is 0 Å². The first-order chi connectivity index (χ1) is 8.33. The molecule has 0 aliphatic heterocycles. The SMILES string of the molecule is CC(C)CC(C(Cl)C#N)C(CC(C)C)C(Cl)C#N. The molecule has 0 rings (SSSR count). The lowest BCUT2D eigenvalue weighted by atomic mass is 9.77. The summed E-state index contributed by atoms with van der Waals surface area (Å²) in [5.74, 6) is 0.811. The van der Waals surface area contributed by atoms with Crippen LogP contribution in [0.4, 0.5) is 0 Å². The van der Waals surface area contributed by atoms with Crippen LogP contribution in [0, 0.1) is 46.3 Å². The topological polar surface area (TPSA) is 47.6 Å². The quantitative estimate of drug-likeness (QED) is 0.644. The van der Waals surface area contributed by atoms with Crippen molar-refractivity contribution in [1.29, 1.82) is 10.5 Å². The van der Waals surface area contributed by atoms with E-state index in [9.17, 15) is 0 Å². The number of nitrogens with zero attached hydrogens (tertiary/aromatic N) is 2. The molecule has 0 aromatic rings. The normalized spacial score (nSPS) is 17.9. The summed E-state index contributed by atoms with van der Waals surface area (Å²) in [6.07, 6.45) is 1.65. The van der Waals surface area contributed by atoms with Gasteiger partial charge in [0.15, 0.2) is 0 Å². The van der Waals surface area contributed by atoms with Crippen LogP contribution in [0.5, 0.6) is 0 Å². The van der Waals surface area contributed by atoms with Gasteiger partial charge in [-0.25, -0.2) is 0 Å². The number of rotatable bonds is 7. The van der Waals surface area contributed by atoms with Gasteiger partial charge in [0, 0.05) is 0 Å². The monoisotopic (exact) mass is 288 g/mol. The van der Waals surface area contributed by atoms with Crippen molar-refractivity contribution in [2.24, 2.45) is 23.7 Å². The lowest BCUT2D eigenvalue weighted by molar-refractivity contribution is 0.256. The highest BCUT2D eigenvalue weighted by molar-refractivity contribution is 6.23. The Morgan fingerprint density at radius 3 is 1.22 bits per heavy atom. The largest absolute Gasteiger partial charge is 0.197 e. The second-order valence-electron chi connectivity index (χ2n) is 5.65. The molecular weight excluding hydrogens is 267 g/mol. The molecule has 0 bridgehead atoms. The van der Waals surface area contributed by atoms with E-state index in [-0.39, 0.29) is 11.8 Å². The summed E-state index contributed by atoms with van der Waals surface area (Å²) in [5.41, 5.74) is 0. The zero-order chi connectivity index (χ0) is 14.3. The molecule has 0 aromatic heterocycles. The van der Waals surface area contributed by atoms with Gasteiger partial charge >= 0.3 is 0 Å². The molecule has 0 N–H and O–H groups in total. The fourth-order valence-corrected chi connectivity index (χ4v) is 2.88. The Bertz CT molecular complexity index is 283. The Morgan fingerprint density at radius 1 is 0.778 bits per heavy atom. The van der Waals surface area contributed by atoms with E-state index in [1.165, 1.54) is 0 Å². The third-order valence-corrected chi connectivity index (χ3v) is 3.88. The van der Waals surface area contributed by atoms with Gasteiger partial charge in [0.2, 0.25) is 0 Å². The van der Waals surface area contributed by atoms with Crippen molar-refractivity contribution in [3.63, 3.8) is 0 Å². The molecule has 102 valence electrons. The summed E-state index contributed by atoms with van der Waals surface area (Å²) in [4.78, 5) is 0. The molecule has 2 nitrogen and oxygen atoms in total. The van der Waals surface area contributed by atoms with Crippen LogP contribution in [0.25, 0.3) is 0 Å². The number of hydrogen-bond acceptors (Lipinski definition) is 2. The van der Waals surface area contributed by atoms with Gasteiger partial charge < -0.3 is 0 Å². The van der Waals surface area contributed by atoms with Crippen molar-refractivity contribution < 1.29 is 0 Å². The molecule has 4 unspecified atom stereocenters. The maximum absolute atomic E-state index is 9.05. The molecule has 0 aliphatic carbocycles. The van der Waals surface area contributed by atoms with Crippen molar-refractivity contribution in [3.8, 4) is 12.1 Å². The predicted octanol–water partition coefficient (Wildman–Crippen LogP) is 4.57. The molecule has 0 heterocycles. The van der Waals surface area contributed by atoms with E-state index in [0.29, 0.717) is 11.8 Å².